The number of carbonyl (C=O) groups is 2. The van der Waals surface area contributed by atoms with E-state index < -0.39 is 0 Å². The minimum Gasteiger partial charge on any atom is -0.340 e. The highest BCUT2D eigenvalue weighted by atomic mass is 16.2. The van der Waals surface area contributed by atoms with Gasteiger partial charge in [-0.25, -0.2) is 0 Å². The molecule has 2 bridgehead atoms. The number of piperazine rings is 1. The monoisotopic (exact) mass is 459 g/mol. The van der Waals surface area contributed by atoms with Gasteiger partial charge in [-0.1, -0.05) is 59.1 Å². The lowest BCUT2D eigenvalue weighted by Gasteiger charge is -2.57. The average molecular weight is 460 g/mol. The highest BCUT2D eigenvalue weighted by Crippen LogP contribution is 2.59. The summed E-state index contributed by atoms with van der Waals surface area (Å²) in [6.07, 6.45) is 10.7. The molecule has 3 unspecified atom stereocenters. The number of hydrogen-bond acceptors (Lipinski definition) is 3. The maximum atomic E-state index is 12.9. The second kappa shape index (κ2) is 11.9. The summed E-state index contributed by atoms with van der Waals surface area (Å²) in [5, 5.41) is 0. The third-order valence-corrected chi connectivity index (χ3v) is 8.89. The van der Waals surface area contributed by atoms with E-state index in [1.54, 1.807) is 0 Å². The molecule has 0 spiro atoms. The molecule has 0 aromatic heterocycles. The van der Waals surface area contributed by atoms with Crippen LogP contribution in [0.1, 0.15) is 86.0 Å². The largest absolute Gasteiger partial charge is 0.340 e. The van der Waals surface area contributed by atoms with E-state index in [9.17, 15) is 9.59 Å². The van der Waals surface area contributed by atoms with Crippen molar-refractivity contribution < 1.29 is 9.59 Å². The van der Waals surface area contributed by atoms with Gasteiger partial charge >= 0.3 is 0 Å². The third-order valence-electron chi connectivity index (χ3n) is 8.89. The number of fused-ring (bicyclic) bond motifs is 1. The first-order valence-electron chi connectivity index (χ1n) is 13.8. The molecule has 1 saturated heterocycles. The third kappa shape index (κ3) is 6.21. The van der Waals surface area contributed by atoms with E-state index in [4.69, 9.17) is 0 Å². The molecule has 1 saturated carbocycles. The molecule has 0 aromatic carbocycles. The number of rotatable bonds is 12. The molecule has 2 fully saturated rings. The molecule has 0 radical (unpaired) electrons. The number of carbonyl (C=O) groups excluding carboxylic acids is 2. The normalized spacial score (nSPS) is 25.2. The first kappa shape index (κ1) is 26.2. The van der Waals surface area contributed by atoms with Crippen LogP contribution < -0.4 is 0 Å². The van der Waals surface area contributed by atoms with E-state index in [1.807, 2.05) is 0 Å². The van der Waals surface area contributed by atoms with Crippen molar-refractivity contribution in [2.75, 3.05) is 45.8 Å². The molecular formula is C28H49N3O2. The zero-order valence-corrected chi connectivity index (χ0v) is 22.1. The van der Waals surface area contributed by atoms with Gasteiger partial charge in [0.25, 0.3) is 0 Å². The lowest BCUT2D eigenvalue weighted by molar-refractivity contribution is -0.137. The van der Waals surface area contributed by atoms with Gasteiger partial charge in [-0.3, -0.25) is 14.5 Å². The molecule has 3 atom stereocenters. The Kier molecular flexibility index (Phi) is 9.43. The number of unbranched alkanes of at least 4 members (excludes halogenated alkanes) is 1. The molecule has 5 nitrogen and oxygen atoms in total. The fourth-order valence-electron chi connectivity index (χ4n) is 6.21. The zero-order chi connectivity index (χ0) is 24.0. The Balaban J connectivity index is 1.50. The molecule has 1 heterocycles. The smallest absolute Gasteiger partial charge is 0.225 e. The lowest BCUT2D eigenvalue weighted by atomic mass is 9.49. The number of nitrogens with zero attached hydrogens (tertiary/aromatic N) is 3. The first-order chi connectivity index (χ1) is 15.8. The number of amides is 2. The summed E-state index contributed by atoms with van der Waals surface area (Å²) in [7, 11) is 0. The van der Waals surface area contributed by atoms with Gasteiger partial charge in [-0.2, -0.15) is 0 Å². The second-order valence-electron chi connectivity index (χ2n) is 11.3. The Bertz CT molecular complexity index is 693. The summed E-state index contributed by atoms with van der Waals surface area (Å²) in [5.74, 6) is 2.34. The van der Waals surface area contributed by atoms with Crippen molar-refractivity contribution in [1.82, 2.24) is 14.7 Å². The molecule has 0 aromatic rings. The Morgan fingerprint density at radius 2 is 1.85 bits per heavy atom. The van der Waals surface area contributed by atoms with Gasteiger partial charge in [-0.15, -0.1) is 0 Å². The van der Waals surface area contributed by atoms with Crippen molar-refractivity contribution in [1.29, 1.82) is 0 Å². The molecule has 188 valence electrons. The summed E-state index contributed by atoms with van der Waals surface area (Å²) >= 11 is 0. The zero-order valence-electron chi connectivity index (χ0n) is 22.1. The summed E-state index contributed by atoms with van der Waals surface area (Å²) in [5.41, 5.74) is 1.90. The van der Waals surface area contributed by atoms with Gasteiger partial charge in [0.1, 0.15) is 0 Å². The van der Waals surface area contributed by atoms with E-state index in [0.29, 0.717) is 29.6 Å². The summed E-state index contributed by atoms with van der Waals surface area (Å²) in [6, 6.07) is 0. The van der Waals surface area contributed by atoms with Crippen molar-refractivity contribution in [3.05, 3.63) is 11.6 Å². The average Bonchev–Trinajstić information content (AvgIpc) is 2.82. The van der Waals surface area contributed by atoms with Crippen molar-refractivity contribution >= 4 is 11.8 Å². The fourth-order valence-corrected chi connectivity index (χ4v) is 6.21. The number of allylic oxidation sites excluding steroid dienone is 1. The minimum absolute atomic E-state index is 0.192. The van der Waals surface area contributed by atoms with Crippen LogP contribution >= 0.6 is 0 Å². The predicted molar refractivity (Wildman–Crippen MR) is 136 cm³/mol. The highest BCUT2D eigenvalue weighted by Gasteiger charge is 2.51. The van der Waals surface area contributed by atoms with Crippen LogP contribution in [0.4, 0.5) is 0 Å². The van der Waals surface area contributed by atoms with Crippen molar-refractivity contribution in [3.63, 3.8) is 0 Å². The quantitative estimate of drug-likeness (QED) is 0.387. The molecule has 5 heteroatoms. The predicted octanol–water partition coefficient (Wildman–Crippen LogP) is 4.97. The van der Waals surface area contributed by atoms with Gasteiger partial charge in [0.05, 0.1) is 0 Å². The van der Waals surface area contributed by atoms with Crippen LogP contribution in [0.15, 0.2) is 11.6 Å². The molecule has 33 heavy (non-hydrogen) atoms. The van der Waals surface area contributed by atoms with Crippen LogP contribution in [-0.2, 0) is 9.59 Å². The first-order valence-corrected chi connectivity index (χ1v) is 13.8. The van der Waals surface area contributed by atoms with Crippen LogP contribution in [0.5, 0.6) is 0 Å². The Labute approximate surface area is 202 Å². The van der Waals surface area contributed by atoms with Crippen molar-refractivity contribution in [2.24, 2.45) is 23.2 Å². The van der Waals surface area contributed by atoms with E-state index in [0.717, 1.165) is 83.8 Å². The maximum absolute atomic E-state index is 12.9. The van der Waals surface area contributed by atoms with Gasteiger partial charge in [0.15, 0.2) is 0 Å². The van der Waals surface area contributed by atoms with Gasteiger partial charge in [0, 0.05) is 58.2 Å². The van der Waals surface area contributed by atoms with Crippen LogP contribution in [-0.4, -0.2) is 72.3 Å². The molecule has 0 N–H and O–H groups in total. The van der Waals surface area contributed by atoms with Crippen LogP contribution in [0.3, 0.4) is 0 Å². The van der Waals surface area contributed by atoms with E-state index >= 15 is 0 Å². The Morgan fingerprint density at radius 3 is 2.42 bits per heavy atom. The SMILES string of the molecule is CCCCC(CC)C(=O)N1CCN(CCN(CC2=CCC3CC2C3(C)C)C(=O)CCC)CC1. The summed E-state index contributed by atoms with van der Waals surface area (Å²) in [6.45, 7) is 17.3. The second-order valence-corrected chi connectivity index (χ2v) is 11.3. The van der Waals surface area contributed by atoms with Gasteiger partial charge in [0.2, 0.25) is 11.8 Å². The van der Waals surface area contributed by atoms with Crippen LogP contribution in [0.25, 0.3) is 0 Å². The Morgan fingerprint density at radius 1 is 1.12 bits per heavy atom. The molecular weight excluding hydrogens is 410 g/mol. The molecule has 4 rings (SSSR count). The Hall–Kier alpha value is -1.36. The molecule has 3 aliphatic carbocycles. The lowest BCUT2D eigenvalue weighted by Crippen LogP contribution is -2.53. The fraction of sp³-hybridized carbons (Fsp3) is 0.857. The summed E-state index contributed by atoms with van der Waals surface area (Å²) in [4.78, 5) is 32.5. The molecule has 2 amide bonds. The summed E-state index contributed by atoms with van der Waals surface area (Å²) < 4.78 is 0. The van der Waals surface area contributed by atoms with E-state index in [-0.39, 0.29) is 5.92 Å². The van der Waals surface area contributed by atoms with Crippen molar-refractivity contribution in [3.8, 4) is 0 Å². The van der Waals surface area contributed by atoms with Crippen LogP contribution in [0, 0.1) is 23.2 Å². The highest BCUT2D eigenvalue weighted by molar-refractivity contribution is 5.79. The van der Waals surface area contributed by atoms with Gasteiger partial charge < -0.3 is 9.80 Å². The van der Waals surface area contributed by atoms with Crippen molar-refractivity contribution in [2.45, 2.75) is 86.0 Å². The minimum atomic E-state index is 0.192. The van der Waals surface area contributed by atoms with Crippen LogP contribution in [0.2, 0.25) is 0 Å². The van der Waals surface area contributed by atoms with E-state index in [1.165, 1.54) is 18.4 Å². The molecule has 1 aliphatic heterocycles. The maximum Gasteiger partial charge on any atom is 0.225 e. The van der Waals surface area contributed by atoms with E-state index in [2.05, 4.69) is 55.4 Å². The van der Waals surface area contributed by atoms with Gasteiger partial charge in [-0.05, 0) is 49.4 Å². The number of hydrogen-bond donors (Lipinski definition) is 0. The topological polar surface area (TPSA) is 43.9 Å². The standard InChI is InChI=1S/C28H49N3O2/c1-6-9-11-22(8-3)27(33)30-17-14-29(15-18-30)16-19-31(26(32)10-7-2)21-23-12-13-24-20-25(23)28(24,4)5/h12,22,24-25H,6-11,13-21H2,1-5H3. The molecule has 4 aliphatic rings.